The fourth-order valence-electron chi connectivity index (χ4n) is 2.04. The van der Waals surface area contributed by atoms with Crippen molar-refractivity contribution in [1.29, 1.82) is 0 Å². The van der Waals surface area contributed by atoms with Gasteiger partial charge in [0.05, 0.1) is 10.1 Å². The third-order valence-electron chi connectivity index (χ3n) is 3.13. The van der Waals surface area contributed by atoms with Crippen LogP contribution in [0.5, 0.6) is 0 Å². The molecule has 0 aliphatic carbocycles. The van der Waals surface area contributed by atoms with Crippen molar-refractivity contribution in [2.75, 3.05) is 17.8 Å². The summed E-state index contributed by atoms with van der Waals surface area (Å²) in [5.41, 5.74) is 0.322. The van der Waals surface area contributed by atoms with Crippen LogP contribution >= 0.6 is 0 Å². The average molecular weight is 319 g/mol. The maximum Gasteiger partial charge on any atom is 0.238 e. The fraction of sp³-hybridized carbons (Fsp3) is 0.455. The zero-order chi connectivity index (χ0) is 14.8. The Morgan fingerprint density at radius 1 is 1.15 bits per heavy atom. The molecule has 20 heavy (non-hydrogen) atoms. The first kappa shape index (κ1) is 15.2. The van der Waals surface area contributed by atoms with Gasteiger partial charge >= 0.3 is 0 Å². The first-order valence-corrected chi connectivity index (χ1v) is 9.23. The molecule has 0 bridgehead atoms. The van der Waals surface area contributed by atoms with Crippen LogP contribution < -0.4 is 15.2 Å². The van der Waals surface area contributed by atoms with E-state index in [-0.39, 0.29) is 4.90 Å². The quantitative estimate of drug-likeness (QED) is 0.712. The zero-order valence-electron chi connectivity index (χ0n) is 10.7. The number of piperidine rings is 1. The summed E-state index contributed by atoms with van der Waals surface area (Å²) in [4.78, 5) is -0.0558. The first-order chi connectivity index (χ1) is 9.29. The van der Waals surface area contributed by atoms with Gasteiger partial charge in [0.15, 0.2) is 0 Å². The summed E-state index contributed by atoms with van der Waals surface area (Å²) in [6.07, 6.45) is 1.42. The second-order valence-corrected chi connectivity index (χ2v) is 8.21. The number of sulfonamides is 2. The van der Waals surface area contributed by atoms with Crippen LogP contribution in [0.2, 0.25) is 0 Å². The van der Waals surface area contributed by atoms with Crippen LogP contribution in [-0.2, 0) is 20.0 Å². The third-order valence-corrected chi connectivity index (χ3v) is 5.86. The minimum absolute atomic E-state index is 0.0558. The Kier molecular flexibility index (Phi) is 4.33. The Bertz CT molecular complexity index is 662. The van der Waals surface area contributed by atoms with Crippen molar-refractivity contribution in [2.45, 2.75) is 23.0 Å². The van der Waals surface area contributed by atoms with E-state index in [0.29, 0.717) is 18.7 Å². The lowest BCUT2D eigenvalue weighted by atomic mass is 10.2. The molecule has 0 aromatic heterocycles. The first-order valence-electron chi connectivity index (χ1n) is 6.14. The number of nitrogens with two attached hydrogens (primary N) is 1. The molecule has 0 radical (unpaired) electrons. The topological polar surface area (TPSA) is 118 Å². The van der Waals surface area contributed by atoms with Gasteiger partial charge in [-0.05, 0) is 43.7 Å². The molecule has 1 aromatic rings. The largest absolute Gasteiger partial charge is 0.315 e. The van der Waals surface area contributed by atoms with Gasteiger partial charge < -0.3 is 5.32 Å². The third kappa shape index (κ3) is 3.69. The Labute approximate surface area is 118 Å². The molecule has 112 valence electrons. The predicted molar refractivity (Wildman–Crippen MR) is 76.2 cm³/mol. The molecule has 1 aromatic carbocycles. The summed E-state index contributed by atoms with van der Waals surface area (Å²) in [6, 6.07) is 5.31. The fourth-order valence-corrected chi connectivity index (χ4v) is 4.01. The molecule has 0 amide bonds. The number of nitrogens with one attached hydrogen (secondary N) is 2. The highest BCUT2D eigenvalue weighted by molar-refractivity contribution is 7.93. The molecular formula is C11H17N3O4S2. The van der Waals surface area contributed by atoms with Gasteiger partial charge in [0.1, 0.15) is 0 Å². The van der Waals surface area contributed by atoms with E-state index >= 15 is 0 Å². The number of hydrogen-bond donors (Lipinski definition) is 3. The van der Waals surface area contributed by atoms with Crippen molar-refractivity contribution in [3.05, 3.63) is 24.3 Å². The van der Waals surface area contributed by atoms with E-state index in [2.05, 4.69) is 10.0 Å². The molecule has 1 atom stereocenters. The Hall–Kier alpha value is -1.16. The van der Waals surface area contributed by atoms with E-state index in [4.69, 9.17) is 5.14 Å². The van der Waals surface area contributed by atoms with E-state index in [0.717, 1.165) is 13.0 Å². The summed E-state index contributed by atoms with van der Waals surface area (Å²) < 4.78 is 49.0. The van der Waals surface area contributed by atoms with Crippen LogP contribution in [0.3, 0.4) is 0 Å². The molecular weight excluding hydrogens is 302 g/mol. The van der Waals surface area contributed by atoms with Crippen LogP contribution in [0, 0.1) is 0 Å². The van der Waals surface area contributed by atoms with Crippen molar-refractivity contribution < 1.29 is 16.8 Å². The smallest absolute Gasteiger partial charge is 0.238 e. The number of hydrogen-bond acceptors (Lipinski definition) is 5. The molecule has 7 nitrogen and oxygen atoms in total. The Balaban J connectivity index is 2.13. The van der Waals surface area contributed by atoms with Crippen LogP contribution in [0.4, 0.5) is 5.69 Å². The second-order valence-electron chi connectivity index (χ2n) is 4.68. The molecule has 0 saturated carbocycles. The van der Waals surface area contributed by atoms with E-state index in [1.165, 1.54) is 24.3 Å². The van der Waals surface area contributed by atoms with Crippen LogP contribution in [0.25, 0.3) is 0 Å². The second kappa shape index (κ2) is 5.68. The molecule has 4 N–H and O–H groups in total. The number of rotatable bonds is 4. The average Bonchev–Trinajstić information content (AvgIpc) is 2.39. The van der Waals surface area contributed by atoms with Crippen molar-refractivity contribution in [1.82, 2.24) is 5.32 Å². The van der Waals surface area contributed by atoms with Crippen molar-refractivity contribution in [2.24, 2.45) is 5.14 Å². The summed E-state index contributed by atoms with van der Waals surface area (Å²) in [5, 5.41) is 7.54. The number of benzene rings is 1. The standard InChI is InChI=1S/C11H17N3O4S2/c12-19(15,16)10-5-3-9(4-6-10)14-20(17,18)11-2-1-7-13-8-11/h3-6,11,13-14H,1-2,7-8H2,(H2,12,15,16). The predicted octanol–water partition coefficient (Wildman–Crippen LogP) is -0.172. The van der Waals surface area contributed by atoms with Crippen LogP contribution in [0.1, 0.15) is 12.8 Å². The van der Waals surface area contributed by atoms with E-state index in [1.807, 2.05) is 0 Å². The van der Waals surface area contributed by atoms with Gasteiger partial charge in [-0.15, -0.1) is 0 Å². The molecule has 1 aliphatic heterocycles. The molecule has 0 spiro atoms. The summed E-state index contributed by atoms with van der Waals surface area (Å²) in [6.45, 7) is 1.25. The Morgan fingerprint density at radius 2 is 1.80 bits per heavy atom. The normalized spacial score (nSPS) is 20.6. The van der Waals surface area contributed by atoms with Crippen molar-refractivity contribution in [3.8, 4) is 0 Å². The summed E-state index contributed by atoms with van der Waals surface area (Å²) in [5.74, 6) is 0. The van der Waals surface area contributed by atoms with Gasteiger partial charge in [0.2, 0.25) is 20.0 Å². The number of anilines is 1. The minimum Gasteiger partial charge on any atom is -0.315 e. The molecule has 1 heterocycles. The van der Waals surface area contributed by atoms with Crippen molar-refractivity contribution >= 4 is 25.7 Å². The maximum absolute atomic E-state index is 12.1. The molecule has 9 heteroatoms. The molecule has 2 rings (SSSR count). The molecule has 1 aliphatic rings. The van der Waals surface area contributed by atoms with E-state index < -0.39 is 25.3 Å². The lowest BCUT2D eigenvalue weighted by Crippen LogP contribution is -2.41. The van der Waals surface area contributed by atoms with Gasteiger partial charge in [-0.25, -0.2) is 22.0 Å². The zero-order valence-corrected chi connectivity index (χ0v) is 12.4. The van der Waals surface area contributed by atoms with Gasteiger partial charge in [0, 0.05) is 12.2 Å². The number of primary sulfonamides is 1. The Morgan fingerprint density at radius 3 is 2.30 bits per heavy atom. The van der Waals surface area contributed by atoms with Gasteiger partial charge in [-0.2, -0.15) is 0 Å². The lowest BCUT2D eigenvalue weighted by molar-refractivity contribution is 0.499. The van der Waals surface area contributed by atoms with E-state index in [1.54, 1.807) is 0 Å². The molecule has 1 unspecified atom stereocenters. The monoisotopic (exact) mass is 319 g/mol. The van der Waals surface area contributed by atoms with E-state index in [9.17, 15) is 16.8 Å². The van der Waals surface area contributed by atoms with Crippen molar-refractivity contribution in [3.63, 3.8) is 0 Å². The highest BCUT2D eigenvalue weighted by atomic mass is 32.2. The lowest BCUT2D eigenvalue weighted by Gasteiger charge is -2.23. The van der Waals surface area contributed by atoms with Crippen LogP contribution in [-0.4, -0.2) is 35.2 Å². The summed E-state index contributed by atoms with van der Waals surface area (Å²) >= 11 is 0. The van der Waals surface area contributed by atoms with Crippen LogP contribution in [0.15, 0.2) is 29.2 Å². The maximum atomic E-state index is 12.1. The van der Waals surface area contributed by atoms with Gasteiger partial charge in [-0.3, -0.25) is 4.72 Å². The van der Waals surface area contributed by atoms with Gasteiger partial charge in [-0.1, -0.05) is 0 Å². The molecule has 1 fully saturated rings. The molecule has 1 saturated heterocycles. The van der Waals surface area contributed by atoms with Gasteiger partial charge in [0.25, 0.3) is 0 Å². The highest BCUT2D eigenvalue weighted by Gasteiger charge is 2.27. The highest BCUT2D eigenvalue weighted by Crippen LogP contribution is 2.18. The minimum atomic E-state index is -3.77. The summed E-state index contributed by atoms with van der Waals surface area (Å²) in [7, 11) is -7.25. The SMILES string of the molecule is NS(=O)(=O)c1ccc(NS(=O)(=O)C2CCCNC2)cc1.